The summed E-state index contributed by atoms with van der Waals surface area (Å²) in [6.07, 6.45) is 0. The van der Waals surface area contributed by atoms with Crippen LogP contribution in [-0.2, 0) is 23.1 Å². The number of aromatic nitrogens is 2. The van der Waals surface area contributed by atoms with Gasteiger partial charge in [0.05, 0.1) is 12.1 Å². The van der Waals surface area contributed by atoms with E-state index < -0.39 is 5.69 Å². The zero-order valence-corrected chi connectivity index (χ0v) is 12.0. The number of hydrogen-bond donors (Lipinski definition) is 1. The normalized spacial score (nSPS) is 10.9. The van der Waals surface area contributed by atoms with Crippen LogP contribution < -0.4 is 16.6 Å². The Kier molecular flexibility index (Phi) is 4.35. The number of carbonyl (C=O) groups is 1. The molecule has 0 spiro atoms. The molecule has 108 valence electrons. The van der Waals surface area contributed by atoms with Crippen molar-refractivity contribution in [1.29, 1.82) is 0 Å². The molecule has 0 aliphatic carbocycles. The van der Waals surface area contributed by atoms with E-state index in [0.717, 1.165) is 4.57 Å². The van der Waals surface area contributed by atoms with E-state index in [-0.39, 0.29) is 18.0 Å². The molecule has 0 aliphatic heterocycles. The number of hydrogen-bond acceptors (Lipinski definition) is 5. The molecule has 0 fully saturated rings. The number of amides is 1. The molecule has 0 atom stereocenters. The zero-order chi connectivity index (χ0) is 14.7. The van der Waals surface area contributed by atoms with E-state index in [1.807, 2.05) is 0 Å². The average molecular weight is 297 g/mol. The topological polar surface area (TPSA) is 82.3 Å². The van der Waals surface area contributed by atoms with E-state index >= 15 is 0 Å². The Hall–Kier alpha value is -1.93. The molecule has 7 nitrogen and oxygen atoms in total. The van der Waals surface area contributed by atoms with Crippen LogP contribution in [0.4, 0.5) is 0 Å². The summed E-state index contributed by atoms with van der Waals surface area (Å²) in [5.41, 5.74) is -0.344. The monoisotopic (exact) mass is 297 g/mol. The number of rotatable bonds is 5. The second-order valence-corrected chi connectivity index (χ2v) is 5.13. The standard InChI is InChI=1S/C12H15N3O4S/c1-14-11(17)10-8(3-6-20-10)15(12(14)18)7-9(16)13-4-5-19-2/h3,6H,4-5,7H2,1-2H3,(H,13,16). The Morgan fingerprint density at radius 1 is 1.45 bits per heavy atom. The Labute approximate surface area is 118 Å². The summed E-state index contributed by atoms with van der Waals surface area (Å²) in [6.45, 7) is 0.661. The molecule has 0 radical (unpaired) electrons. The number of fused-ring (bicyclic) bond motifs is 1. The SMILES string of the molecule is COCCNC(=O)Cn1c(=O)n(C)c(=O)c2sccc21. The predicted octanol–water partition coefficient (Wildman–Crippen LogP) is -0.476. The van der Waals surface area contributed by atoms with Crippen LogP contribution in [0, 0.1) is 0 Å². The van der Waals surface area contributed by atoms with Gasteiger partial charge in [-0.05, 0) is 11.4 Å². The lowest BCUT2D eigenvalue weighted by Gasteiger charge is -2.09. The van der Waals surface area contributed by atoms with Gasteiger partial charge in [-0.25, -0.2) is 4.79 Å². The fourth-order valence-corrected chi connectivity index (χ4v) is 2.71. The van der Waals surface area contributed by atoms with Crippen molar-refractivity contribution in [3.05, 3.63) is 32.3 Å². The first-order valence-electron chi connectivity index (χ1n) is 5.99. The van der Waals surface area contributed by atoms with Gasteiger partial charge in [0.25, 0.3) is 5.56 Å². The molecule has 0 aromatic carbocycles. The molecule has 0 saturated heterocycles. The van der Waals surface area contributed by atoms with Gasteiger partial charge in [0.15, 0.2) is 0 Å². The molecule has 0 unspecified atom stereocenters. The lowest BCUT2D eigenvalue weighted by molar-refractivity contribution is -0.121. The quantitative estimate of drug-likeness (QED) is 0.756. The summed E-state index contributed by atoms with van der Waals surface area (Å²) >= 11 is 1.25. The Morgan fingerprint density at radius 2 is 2.20 bits per heavy atom. The minimum Gasteiger partial charge on any atom is -0.383 e. The van der Waals surface area contributed by atoms with Gasteiger partial charge in [-0.1, -0.05) is 0 Å². The predicted molar refractivity (Wildman–Crippen MR) is 76.2 cm³/mol. The van der Waals surface area contributed by atoms with Crippen LogP contribution in [0.15, 0.2) is 21.0 Å². The van der Waals surface area contributed by atoms with Crippen LogP contribution in [-0.4, -0.2) is 35.3 Å². The van der Waals surface area contributed by atoms with E-state index in [9.17, 15) is 14.4 Å². The van der Waals surface area contributed by atoms with Crippen molar-refractivity contribution in [1.82, 2.24) is 14.5 Å². The molecule has 0 aliphatic rings. The maximum Gasteiger partial charge on any atom is 0.331 e. The lowest BCUT2D eigenvalue weighted by atomic mass is 10.4. The summed E-state index contributed by atoms with van der Waals surface area (Å²) in [5, 5.41) is 4.37. The van der Waals surface area contributed by atoms with E-state index in [2.05, 4.69) is 5.32 Å². The van der Waals surface area contributed by atoms with Gasteiger partial charge >= 0.3 is 5.69 Å². The van der Waals surface area contributed by atoms with Crippen LogP contribution >= 0.6 is 11.3 Å². The molecule has 1 amide bonds. The maximum absolute atomic E-state index is 12.1. The summed E-state index contributed by atoms with van der Waals surface area (Å²) in [7, 11) is 2.95. The Balaban J connectivity index is 2.35. The van der Waals surface area contributed by atoms with Crippen LogP contribution in [0.3, 0.4) is 0 Å². The number of ether oxygens (including phenoxy) is 1. The van der Waals surface area contributed by atoms with E-state index in [0.29, 0.717) is 23.4 Å². The number of carbonyl (C=O) groups excluding carboxylic acids is 1. The van der Waals surface area contributed by atoms with Crippen molar-refractivity contribution in [2.24, 2.45) is 7.05 Å². The average Bonchev–Trinajstić information content (AvgIpc) is 2.91. The molecule has 2 aromatic heterocycles. The van der Waals surface area contributed by atoms with Gasteiger partial charge < -0.3 is 10.1 Å². The summed E-state index contributed by atoms with van der Waals surface area (Å²) in [6, 6.07) is 1.67. The van der Waals surface area contributed by atoms with E-state index in [4.69, 9.17) is 4.74 Å². The van der Waals surface area contributed by atoms with Gasteiger partial charge in [-0.15, -0.1) is 11.3 Å². The van der Waals surface area contributed by atoms with Gasteiger partial charge in [-0.2, -0.15) is 0 Å². The zero-order valence-electron chi connectivity index (χ0n) is 11.2. The largest absolute Gasteiger partial charge is 0.383 e. The highest BCUT2D eigenvalue weighted by Gasteiger charge is 2.14. The van der Waals surface area contributed by atoms with Crippen molar-refractivity contribution >= 4 is 27.5 Å². The highest BCUT2D eigenvalue weighted by molar-refractivity contribution is 7.17. The van der Waals surface area contributed by atoms with Gasteiger partial charge in [-0.3, -0.25) is 18.7 Å². The summed E-state index contributed by atoms with van der Waals surface area (Å²) in [5.74, 6) is -0.296. The number of nitrogens with zero attached hydrogens (tertiary/aromatic N) is 2. The van der Waals surface area contributed by atoms with Crippen LogP contribution in [0.2, 0.25) is 0 Å². The molecular formula is C12H15N3O4S. The second-order valence-electron chi connectivity index (χ2n) is 4.21. The molecule has 0 bridgehead atoms. The fraction of sp³-hybridized carbons (Fsp3) is 0.417. The molecule has 20 heavy (non-hydrogen) atoms. The Morgan fingerprint density at radius 3 is 2.90 bits per heavy atom. The fourth-order valence-electron chi connectivity index (χ4n) is 1.84. The number of nitrogens with one attached hydrogen (secondary N) is 1. The third kappa shape index (κ3) is 2.66. The third-order valence-corrected chi connectivity index (χ3v) is 3.77. The van der Waals surface area contributed by atoms with Gasteiger partial charge in [0.1, 0.15) is 11.2 Å². The van der Waals surface area contributed by atoms with E-state index in [1.54, 1.807) is 18.6 Å². The van der Waals surface area contributed by atoms with Crippen molar-refractivity contribution in [3.63, 3.8) is 0 Å². The lowest BCUT2D eigenvalue weighted by Crippen LogP contribution is -2.41. The van der Waals surface area contributed by atoms with Gasteiger partial charge in [0, 0.05) is 20.7 Å². The molecule has 8 heteroatoms. The first-order chi connectivity index (χ1) is 9.56. The van der Waals surface area contributed by atoms with Crippen molar-refractivity contribution in [2.45, 2.75) is 6.54 Å². The Bertz CT molecular complexity index is 743. The molecule has 2 rings (SSSR count). The van der Waals surface area contributed by atoms with Crippen LogP contribution in [0.25, 0.3) is 10.2 Å². The summed E-state index contributed by atoms with van der Waals surface area (Å²) < 4.78 is 7.62. The maximum atomic E-state index is 12.1. The van der Waals surface area contributed by atoms with Gasteiger partial charge in [0.2, 0.25) is 5.91 Å². The van der Waals surface area contributed by atoms with Crippen LogP contribution in [0.1, 0.15) is 0 Å². The van der Waals surface area contributed by atoms with Crippen molar-refractivity contribution in [2.75, 3.05) is 20.3 Å². The molecule has 2 heterocycles. The molecule has 0 saturated carbocycles. The van der Waals surface area contributed by atoms with Crippen molar-refractivity contribution < 1.29 is 9.53 Å². The molecule has 2 aromatic rings. The molecule has 1 N–H and O–H groups in total. The first-order valence-corrected chi connectivity index (χ1v) is 6.87. The summed E-state index contributed by atoms with van der Waals surface area (Å²) in [4.78, 5) is 35.8. The second kappa shape index (κ2) is 6.02. The first kappa shape index (κ1) is 14.5. The minimum absolute atomic E-state index is 0.121. The van der Waals surface area contributed by atoms with Crippen molar-refractivity contribution in [3.8, 4) is 0 Å². The smallest absolute Gasteiger partial charge is 0.331 e. The van der Waals surface area contributed by atoms with E-state index in [1.165, 1.54) is 23.0 Å². The third-order valence-electron chi connectivity index (χ3n) is 2.88. The van der Waals surface area contributed by atoms with Crippen LogP contribution in [0.5, 0.6) is 0 Å². The minimum atomic E-state index is -0.497. The number of methoxy groups -OCH3 is 1. The molecular weight excluding hydrogens is 282 g/mol. The highest BCUT2D eigenvalue weighted by Crippen LogP contribution is 2.14. The number of thiophene rings is 1. The highest BCUT2D eigenvalue weighted by atomic mass is 32.1.